The van der Waals surface area contributed by atoms with Crippen LogP contribution in [0.4, 0.5) is 52.7 Å². The molecule has 0 heterocycles. The molecule has 0 bridgehead atoms. The van der Waals surface area contributed by atoms with Gasteiger partial charge in [0.15, 0.2) is 0 Å². The van der Waals surface area contributed by atoms with Crippen LogP contribution in [0.15, 0.2) is 0 Å². The molecule has 2 atom stereocenters. The fraction of sp³-hybridized carbons (Fsp3) is 0.923. The molecule has 1 N–H and O–H groups in total. The number of ether oxygens (including phenoxy) is 2. The van der Waals surface area contributed by atoms with Gasteiger partial charge in [-0.1, -0.05) is 0 Å². The molecule has 2 unspecified atom stereocenters. The third-order valence-corrected chi connectivity index (χ3v) is 3.90. The molecule has 0 rings (SSSR count). The molecule has 0 aliphatic heterocycles. The van der Waals surface area contributed by atoms with Crippen molar-refractivity contribution in [2.24, 2.45) is 0 Å². The van der Waals surface area contributed by atoms with E-state index in [0.717, 1.165) is 0 Å². The Kier molecular flexibility index (Phi) is 6.99. The molecule has 0 saturated heterocycles. The first-order valence-corrected chi connectivity index (χ1v) is 7.10. The van der Waals surface area contributed by atoms with Gasteiger partial charge in [-0.3, -0.25) is 0 Å². The highest BCUT2D eigenvalue weighted by Gasteiger charge is 2.83. The van der Waals surface area contributed by atoms with E-state index in [1.165, 1.54) is 0 Å². The summed E-state index contributed by atoms with van der Waals surface area (Å²) in [7, 11) is 0. The Morgan fingerprint density at radius 1 is 0.759 bits per heavy atom. The zero-order chi connectivity index (χ0) is 24.1. The van der Waals surface area contributed by atoms with E-state index in [1.54, 1.807) is 0 Å². The van der Waals surface area contributed by atoms with Crippen molar-refractivity contribution in [3.63, 3.8) is 0 Å². The number of rotatable bonds is 8. The first-order chi connectivity index (χ1) is 12.3. The average Bonchev–Trinajstić information content (AvgIpc) is 2.39. The SMILES string of the molecule is CC(C)(OC(F)(F)C(F)(C(F)(F)F)C(C)(C)OC(F)F)C(F)(C(=O)O)C(F)(F)F. The van der Waals surface area contributed by atoms with E-state index in [4.69, 9.17) is 5.11 Å². The van der Waals surface area contributed by atoms with E-state index in [1.807, 2.05) is 0 Å². The second kappa shape index (κ2) is 7.35. The van der Waals surface area contributed by atoms with E-state index < -0.39 is 53.6 Å². The average molecular weight is 462 g/mol. The summed E-state index contributed by atoms with van der Waals surface area (Å²) in [6.45, 7) is -5.46. The Labute approximate surface area is 154 Å². The van der Waals surface area contributed by atoms with Crippen LogP contribution in [0, 0.1) is 0 Å². The zero-order valence-electron chi connectivity index (χ0n) is 14.8. The molecule has 0 spiro atoms. The van der Waals surface area contributed by atoms with Crippen molar-refractivity contribution in [2.45, 2.75) is 75.3 Å². The van der Waals surface area contributed by atoms with Gasteiger partial charge in [-0.2, -0.15) is 43.9 Å². The molecule has 174 valence electrons. The Morgan fingerprint density at radius 3 is 1.38 bits per heavy atom. The maximum absolute atomic E-state index is 14.6. The van der Waals surface area contributed by atoms with Crippen LogP contribution < -0.4 is 0 Å². The number of carboxylic acid groups (broad SMARTS) is 1. The van der Waals surface area contributed by atoms with Crippen LogP contribution in [-0.4, -0.2) is 58.7 Å². The Hall–Kier alpha value is -1.45. The van der Waals surface area contributed by atoms with Crippen LogP contribution in [0.2, 0.25) is 0 Å². The molecule has 0 radical (unpaired) electrons. The van der Waals surface area contributed by atoms with Gasteiger partial charge in [-0.25, -0.2) is 13.6 Å². The quantitative estimate of drug-likeness (QED) is 0.515. The molecule has 0 aromatic rings. The molecule has 0 amide bonds. The summed E-state index contributed by atoms with van der Waals surface area (Å²) in [5, 5.41) is 8.48. The topological polar surface area (TPSA) is 55.8 Å². The van der Waals surface area contributed by atoms with E-state index in [0.29, 0.717) is 0 Å². The highest BCUT2D eigenvalue weighted by atomic mass is 19.4. The van der Waals surface area contributed by atoms with Crippen LogP contribution >= 0.6 is 0 Å². The summed E-state index contributed by atoms with van der Waals surface area (Å²) >= 11 is 0. The van der Waals surface area contributed by atoms with E-state index >= 15 is 0 Å². The van der Waals surface area contributed by atoms with Crippen LogP contribution in [-0.2, 0) is 14.3 Å². The normalized spacial score (nSPS) is 19.1. The third-order valence-electron chi connectivity index (χ3n) is 3.90. The van der Waals surface area contributed by atoms with Gasteiger partial charge in [0, 0.05) is 0 Å². The van der Waals surface area contributed by atoms with Gasteiger partial charge in [0.2, 0.25) is 0 Å². The highest BCUT2D eigenvalue weighted by molar-refractivity contribution is 5.80. The van der Waals surface area contributed by atoms with Crippen molar-refractivity contribution in [1.29, 1.82) is 0 Å². The predicted molar refractivity (Wildman–Crippen MR) is 68.7 cm³/mol. The van der Waals surface area contributed by atoms with Crippen LogP contribution in [0.25, 0.3) is 0 Å². The molecule has 0 aromatic heterocycles. The van der Waals surface area contributed by atoms with Gasteiger partial charge in [0.1, 0.15) is 11.2 Å². The smallest absolute Gasteiger partial charge is 0.436 e. The summed E-state index contributed by atoms with van der Waals surface area (Å²) in [5.41, 5.74) is -20.7. The van der Waals surface area contributed by atoms with Gasteiger partial charge in [0.05, 0.1) is 0 Å². The number of carbonyl (C=O) groups is 1. The van der Waals surface area contributed by atoms with E-state index in [-0.39, 0.29) is 27.7 Å². The van der Waals surface area contributed by atoms with E-state index in [2.05, 4.69) is 9.47 Å². The lowest BCUT2D eigenvalue weighted by atomic mass is 9.83. The molecule has 0 fully saturated rings. The van der Waals surface area contributed by atoms with Crippen molar-refractivity contribution in [3.8, 4) is 0 Å². The molecular formula is C13H14F12O4. The Bertz CT molecular complexity index is 612. The number of hydrogen-bond acceptors (Lipinski definition) is 3. The first-order valence-electron chi connectivity index (χ1n) is 7.10. The fourth-order valence-electron chi connectivity index (χ4n) is 2.34. The summed E-state index contributed by atoms with van der Waals surface area (Å²) in [6.07, 6.45) is -19.9. The van der Waals surface area contributed by atoms with Crippen molar-refractivity contribution in [2.75, 3.05) is 0 Å². The molecule has 0 saturated carbocycles. The molecule has 0 aliphatic rings. The van der Waals surface area contributed by atoms with Crippen molar-refractivity contribution in [1.82, 2.24) is 0 Å². The molecular weight excluding hydrogens is 448 g/mol. The molecule has 29 heavy (non-hydrogen) atoms. The van der Waals surface area contributed by atoms with Gasteiger partial charge in [-0.05, 0) is 27.7 Å². The Balaban J connectivity index is 6.66. The molecule has 0 aromatic carbocycles. The van der Waals surface area contributed by atoms with Crippen LogP contribution in [0.1, 0.15) is 27.7 Å². The lowest BCUT2D eigenvalue weighted by Crippen LogP contribution is -2.72. The summed E-state index contributed by atoms with van der Waals surface area (Å²) in [4.78, 5) is 10.7. The van der Waals surface area contributed by atoms with E-state index in [9.17, 15) is 57.5 Å². The zero-order valence-corrected chi connectivity index (χ0v) is 14.8. The number of hydrogen-bond donors (Lipinski definition) is 1. The van der Waals surface area contributed by atoms with Crippen molar-refractivity contribution in [3.05, 3.63) is 0 Å². The first kappa shape index (κ1) is 27.5. The number of halogens is 12. The maximum atomic E-state index is 14.6. The monoisotopic (exact) mass is 462 g/mol. The van der Waals surface area contributed by atoms with Gasteiger partial charge < -0.3 is 14.6 Å². The second-order valence-corrected chi connectivity index (χ2v) is 6.64. The van der Waals surface area contributed by atoms with Crippen molar-refractivity contribution < 1.29 is 72.1 Å². The van der Waals surface area contributed by atoms with Gasteiger partial charge in [0.25, 0.3) is 0 Å². The summed E-state index contributed by atoms with van der Waals surface area (Å²) < 4.78 is 166. The van der Waals surface area contributed by atoms with Crippen LogP contribution in [0.5, 0.6) is 0 Å². The summed E-state index contributed by atoms with van der Waals surface area (Å²) in [5.74, 6) is -3.50. The Morgan fingerprint density at radius 2 is 1.14 bits per heavy atom. The molecule has 0 aliphatic carbocycles. The van der Waals surface area contributed by atoms with Crippen molar-refractivity contribution >= 4 is 5.97 Å². The minimum absolute atomic E-state index is 0.249. The number of alkyl halides is 12. The highest BCUT2D eigenvalue weighted by Crippen LogP contribution is 2.56. The third kappa shape index (κ3) is 4.36. The largest absolute Gasteiger partial charge is 0.479 e. The summed E-state index contributed by atoms with van der Waals surface area (Å²) in [6, 6.07) is 0. The number of carboxylic acids is 1. The molecule has 4 nitrogen and oxygen atoms in total. The predicted octanol–water partition coefficient (Wildman–Crippen LogP) is 5.02. The second-order valence-electron chi connectivity index (χ2n) is 6.64. The standard InChI is InChI=1S/C13H14F12O4/c1-7(2,9(16,5(26)27)11(18,19)20)29-13(24,25)10(17,12(21,22)23)8(3,4)28-6(14)15/h6H,1-4H3,(H,26,27). The van der Waals surface area contributed by atoms with Gasteiger partial charge in [-0.15, -0.1) is 0 Å². The lowest BCUT2D eigenvalue weighted by Gasteiger charge is -2.47. The lowest BCUT2D eigenvalue weighted by molar-refractivity contribution is -0.453. The number of aliphatic carboxylic acids is 1. The molecule has 16 heteroatoms. The van der Waals surface area contributed by atoms with Gasteiger partial charge >= 0.3 is 42.4 Å². The van der Waals surface area contributed by atoms with Crippen LogP contribution in [0.3, 0.4) is 0 Å². The minimum atomic E-state index is -6.83. The minimum Gasteiger partial charge on any atom is -0.479 e. The maximum Gasteiger partial charge on any atom is 0.436 e. The fourth-order valence-corrected chi connectivity index (χ4v) is 2.34.